The summed E-state index contributed by atoms with van der Waals surface area (Å²) < 4.78 is 27.4. The summed E-state index contributed by atoms with van der Waals surface area (Å²) >= 11 is 1.75. The molecule has 0 atom stereocenters. The second-order valence-electron chi connectivity index (χ2n) is 4.67. The molecule has 2 N–H and O–H groups in total. The van der Waals surface area contributed by atoms with Gasteiger partial charge in [0.2, 0.25) is 10.0 Å². The van der Waals surface area contributed by atoms with Crippen molar-refractivity contribution in [1.29, 1.82) is 0 Å². The highest BCUT2D eigenvalue weighted by Gasteiger charge is 2.37. The van der Waals surface area contributed by atoms with Crippen molar-refractivity contribution in [1.82, 2.24) is 9.71 Å². The van der Waals surface area contributed by atoms with Gasteiger partial charge in [-0.3, -0.25) is 0 Å². The molecule has 0 saturated heterocycles. The van der Waals surface area contributed by atoms with Gasteiger partial charge in [0.15, 0.2) is 0 Å². The van der Waals surface area contributed by atoms with Crippen LogP contribution in [0.3, 0.4) is 0 Å². The predicted molar refractivity (Wildman–Crippen MR) is 79.1 cm³/mol. The van der Waals surface area contributed by atoms with Crippen molar-refractivity contribution in [3.8, 4) is 0 Å². The van der Waals surface area contributed by atoms with E-state index in [1.54, 1.807) is 37.1 Å². The van der Waals surface area contributed by atoms with Gasteiger partial charge in [0.1, 0.15) is 10.7 Å². The lowest BCUT2D eigenvalue weighted by molar-refractivity contribution is 0.362. The topological polar surface area (TPSA) is 71.1 Å². The van der Waals surface area contributed by atoms with Gasteiger partial charge in [0, 0.05) is 24.5 Å². The average Bonchev–Trinajstić information content (AvgIpc) is 2.38. The molecule has 0 aliphatic heterocycles. The summed E-state index contributed by atoms with van der Waals surface area (Å²) in [6.07, 6.45) is 6.93. The van der Waals surface area contributed by atoms with E-state index in [0.717, 1.165) is 12.8 Å². The van der Waals surface area contributed by atoms with Crippen LogP contribution in [0.4, 0.5) is 5.82 Å². The van der Waals surface area contributed by atoms with Crippen LogP contribution in [0.25, 0.3) is 0 Å². The van der Waals surface area contributed by atoms with E-state index in [4.69, 9.17) is 0 Å². The minimum atomic E-state index is -3.51. The number of hydrogen-bond donors (Lipinski definition) is 2. The maximum atomic E-state index is 12.3. The average molecular weight is 301 g/mol. The number of aromatic nitrogens is 1. The molecule has 0 unspecified atom stereocenters. The maximum absolute atomic E-state index is 12.3. The van der Waals surface area contributed by atoms with Gasteiger partial charge in [-0.05, 0) is 31.2 Å². The minimum absolute atomic E-state index is 0.0785. The Bertz CT molecular complexity index is 536. The molecule has 0 spiro atoms. The maximum Gasteiger partial charge on any atom is 0.244 e. The number of nitrogens with one attached hydrogen (secondary N) is 2. The van der Waals surface area contributed by atoms with Crippen LogP contribution >= 0.6 is 11.8 Å². The van der Waals surface area contributed by atoms with E-state index in [0.29, 0.717) is 12.4 Å². The van der Waals surface area contributed by atoms with E-state index in [-0.39, 0.29) is 9.64 Å². The molecule has 7 heteroatoms. The van der Waals surface area contributed by atoms with E-state index in [9.17, 15) is 8.42 Å². The molecule has 5 nitrogen and oxygen atoms in total. The number of thioether (sulfide) groups is 1. The molecule has 1 aromatic heterocycles. The quantitative estimate of drug-likeness (QED) is 0.836. The molecule has 1 saturated carbocycles. The minimum Gasteiger partial charge on any atom is -0.372 e. The fourth-order valence-electron chi connectivity index (χ4n) is 2.12. The van der Waals surface area contributed by atoms with Gasteiger partial charge in [-0.2, -0.15) is 11.8 Å². The lowest BCUT2D eigenvalue weighted by atomic mass is 9.84. The number of sulfonamides is 1. The predicted octanol–water partition coefficient (Wildman–Crippen LogP) is 1.69. The zero-order valence-electron chi connectivity index (χ0n) is 11.1. The van der Waals surface area contributed by atoms with Gasteiger partial charge in [-0.1, -0.05) is 6.42 Å². The van der Waals surface area contributed by atoms with Gasteiger partial charge in [0.05, 0.1) is 0 Å². The highest BCUT2D eigenvalue weighted by Crippen LogP contribution is 2.42. The Kier molecular flexibility index (Phi) is 4.37. The Labute approximate surface area is 118 Å². The Hall–Kier alpha value is -0.790. The van der Waals surface area contributed by atoms with Crippen LogP contribution in [0.1, 0.15) is 19.3 Å². The van der Waals surface area contributed by atoms with Crippen LogP contribution in [0.2, 0.25) is 0 Å². The fraction of sp³-hybridized carbons (Fsp3) is 0.583. The Morgan fingerprint density at radius 1 is 1.47 bits per heavy atom. The molecular formula is C12H19N3O2S2. The number of pyridine rings is 1. The molecular weight excluding hydrogens is 282 g/mol. The second kappa shape index (κ2) is 5.68. The third kappa shape index (κ3) is 3.04. The van der Waals surface area contributed by atoms with Gasteiger partial charge in [-0.25, -0.2) is 18.1 Å². The van der Waals surface area contributed by atoms with Crippen molar-refractivity contribution in [2.24, 2.45) is 0 Å². The molecule has 1 heterocycles. The molecule has 1 aliphatic carbocycles. The summed E-state index contributed by atoms with van der Waals surface area (Å²) in [6, 6.07) is 3.19. The zero-order valence-corrected chi connectivity index (χ0v) is 12.8. The molecule has 0 aromatic carbocycles. The molecule has 2 rings (SSSR count). The zero-order chi connectivity index (χ0) is 13.9. The van der Waals surface area contributed by atoms with Crippen molar-refractivity contribution >= 4 is 27.6 Å². The summed E-state index contributed by atoms with van der Waals surface area (Å²) in [5.74, 6) is 0.377. The SMILES string of the molecule is CNc1ncccc1S(=O)(=O)NCC1(SC)CCC1. The first-order valence-electron chi connectivity index (χ1n) is 6.21. The van der Waals surface area contributed by atoms with Gasteiger partial charge in [0.25, 0.3) is 0 Å². The summed E-state index contributed by atoms with van der Waals surface area (Å²) in [5, 5.41) is 2.81. The van der Waals surface area contributed by atoms with E-state index in [1.807, 2.05) is 6.26 Å². The lowest BCUT2D eigenvalue weighted by Crippen LogP contribution is -2.45. The number of anilines is 1. The van der Waals surface area contributed by atoms with Crippen LogP contribution < -0.4 is 10.0 Å². The summed E-state index contributed by atoms with van der Waals surface area (Å²) in [5.41, 5.74) is 0. The smallest absolute Gasteiger partial charge is 0.244 e. The van der Waals surface area contributed by atoms with Crippen LogP contribution in [0, 0.1) is 0 Å². The molecule has 106 valence electrons. The molecule has 1 aliphatic rings. The van der Waals surface area contributed by atoms with E-state index in [1.165, 1.54) is 6.42 Å². The van der Waals surface area contributed by atoms with Crippen molar-refractivity contribution in [2.45, 2.75) is 28.9 Å². The largest absolute Gasteiger partial charge is 0.372 e. The summed E-state index contributed by atoms with van der Waals surface area (Å²) in [6.45, 7) is 0.481. The summed E-state index contributed by atoms with van der Waals surface area (Å²) in [4.78, 5) is 4.23. The highest BCUT2D eigenvalue weighted by atomic mass is 32.2. The first-order chi connectivity index (χ1) is 9.03. The Morgan fingerprint density at radius 3 is 2.74 bits per heavy atom. The molecule has 19 heavy (non-hydrogen) atoms. The van der Waals surface area contributed by atoms with Gasteiger partial charge < -0.3 is 5.32 Å². The van der Waals surface area contributed by atoms with Crippen molar-refractivity contribution in [3.05, 3.63) is 18.3 Å². The third-order valence-corrected chi connectivity index (χ3v) is 6.43. The summed E-state index contributed by atoms with van der Waals surface area (Å²) in [7, 11) is -1.85. The molecule has 0 bridgehead atoms. The Balaban J connectivity index is 2.14. The first-order valence-corrected chi connectivity index (χ1v) is 8.91. The highest BCUT2D eigenvalue weighted by molar-refractivity contribution is 8.00. The van der Waals surface area contributed by atoms with Crippen molar-refractivity contribution in [3.63, 3.8) is 0 Å². The number of nitrogens with zero attached hydrogens (tertiary/aromatic N) is 1. The van der Waals surface area contributed by atoms with Crippen molar-refractivity contribution < 1.29 is 8.42 Å². The van der Waals surface area contributed by atoms with Crippen LogP contribution in [-0.2, 0) is 10.0 Å². The number of hydrogen-bond acceptors (Lipinski definition) is 5. The molecule has 0 amide bonds. The fourth-order valence-corrected chi connectivity index (χ4v) is 4.42. The van der Waals surface area contributed by atoms with E-state index in [2.05, 4.69) is 15.0 Å². The van der Waals surface area contributed by atoms with Crippen LogP contribution in [-0.4, -0.2) is 38.0 Å². The first kappa shape index (κ1) is 14.6. The standard InChI is InChI=1S/C12H19N3O2S2/c1-13-11-10(5-3-8-14-11)19(16,17)15-9-12(18-2)6-4-7-12/h3,5,8,15H,4,6-7,9H2,1-2H3,(H,13,14). The van der Waals surface area contributed by atoms with Crippen molar-refractivity contribution in [2.75, 3.05) is 25.2 Å². The van der Waals surface area contributed by atoms with E-state index < -0.39 is 10.0 Å². The van der Waals surface area contributed by atoms with Gasteiger partial charge >= 0.3 is 0 Å². The number of rotatable bonds is 6. The van der Waals surface area contributed by atoms with Crippen LogP contribution in [0.5, 0.6) is 0 Å². The third-order valence-electron chi connectivity index (χ3n) is 3.58. The Morgan fingerprint density at radius 2 is 2.21 bits per heavy atom. The van der Waals surface area contributed by atoms with Gasteiger partial charge in [-0.15, -0.1) is 0 Å². The van der Waals surface area contributed by atoms with Crippen LogP contribution in [0.15, 0.2) is 23.2 Å². The normalized spacial score (nSPS) is 17.8. The molecule has 1 aromatic rings. The molecule has 1 fully saturated rings. The second-order valence-corrected chi connectivity index (χ2v) is 7.68. The molecule has 0 radical (unpaired) electrons. The monoisotopic (exact) mass is 301 g/mol. The van der Waals surface area contributed by atoms with E-state index >= 15 is 0 Å². The lowest BCUT2D eigenvalue weighted by Gasteiger charge is -2.40.